The van der Waals surface area contributed by atoms with Gasteiger partial charge in [0.15, 0.2) is 5.75 Å². The first-order chi connectivity index (χ1) is 15.0. The second-order valence-corrected chi connectivity index (χ2v) is 9.57. The molecular formula is C20H14N2O8S2. The molecule has 0 amide bonds. The van der Waals surface area contributed by atoms with E-state index >= 15 is 0 Å². The Labute approximate surface area is 181 Å². The van der Waals surface area contributed by atoms with Gasteiger partial charge in [-0.2, -0.15) is 16.8 Å². The predicted octanol–water partition coefficient (Wildman–Crippen LogP) is 4.31. The number of hydrogen-bond donors (Lipinski definition) is 4. The average Bonchev–Trinajstić information content (AvgIpc) is 2.71. The molecule has 164 valence electrons. The highest BCUT2D eigenvalue weighted by Gasteiger charge is 2.25. The van der Waals surface area contributed by atoms with Gasteiger partial charge in [-0.05, 0) is 29.0 Å². The van der Waals surface area contributed by atoms with E-state index in [1.165, 1.54) is 0 Å². The van der Waals surface area contributed by atoms with Crippen molar-refractivity contribution < 1.29 is 36.2 Å². The van der Waals surface area contributed by atoms with Crippen LogP contribution in [-0.2, 0) is 20.2 Å². The van der Waals surface area contributed by atoms with Gasteiger partial charge >= 0.3 is 0 Å². The first-order valence-corrected chi connectivity index (χ1v) is 11.7. The summed E-state index contributed by atoms with van der Waals surface area (Å²) < 4.78 is 65.6. The lowest BCUT2D eigenvalue weighted by Crippen LogP contribution is -2.01. The zero-order valence-electron chi connectivity index (χ0n) is 15.9. The predicted molar refractivity (Wildman–Crippen MR) is 115 cm³/mol. The zero-order valence-corrected chi connectivity index (χ0v) is 17.5. The lowest BCUT2D eigenvalue weighted by Gasteiger charge is -2.11. The Morgan fingerprint density at radius 2 is 1.41 bits per heavy atom. The minimum absolute atomic E-state index is 0.285. The van der Waals surface area contributed by atoms with Crippen molar-refractivity contribution in [3.63, 3.8) is 0 Å². The van der Waals surface area contributed by atoms with Gasteiger partial charge in [0.05, 0.1) is 16.0 Å². The Balaban J connectivity index is 2.01. The van der Waals surface area contributed by atoms with Crippen LogP contribution in [0.15, 0.2) is 80.7 Å². The maximum absolute atomic E-state index is 12.0. The number of azo groups is 1. The summed E-state index contributed by atoms with van der Waals surface area (Å²) in [5, 5.41) is 29.6. The van der Waals surface area contributed by atoms with Crippen molar-refractivity contribution in [1.29, 1.82) is 0 Å². The topological polar surface area (TPSA) is 174 Å². The van der Waals surface area contributed by atoms with Crippen LogP contribution in [-0.4, -0.2) is 36.2 Å². The number of hydrogen-bond acceptors (Lipinski definition) is 8. The molecule has 0 aliphatic rings. The molecule has 0 heterocycles. The number of phenolic OH excluding ortho intramolecular Hbond substituents is 2. The van der Waals surface area contributed by atoms with Crippen LogP contribution in [0, 0.1) is 0 Å². The summed E-state index contributed by atoms with van der Waals surface area (Å²) >= 11 is 0. The summed E-state index contributed by atoms with van der Waals surface area (Å²) in [6.07, 6.45) is 0. The lowest BCUT2D eigenvalue weighted by molar-refractivity contribution is 0.457. The summed E-state index contributed by atoms with van der Waals surface area (Å²) in [5.74, 6) is -1.63. The number of phenols is 2. The van der Waals surface area contributed by atoms with E-state index in [2.05, 4.69) is 10.2 Å². The third-order valence-electron chi connectivity index (χ3n) is 4.70. The van der Waals surface area contributed by atoms with Gasteiger partial charge in [-0.3, -0.25) is 9.11 Å². The van der Waals surface area contributed by atoms with Gasteiger partial charge in [0.1, 0.15) is 16.3 Å². The Bertz CT molecular complexity index is 1640. The van der Waals surface area contributed by atoms with Crippen molar-refractivity contribution in [1.82, 2.24) is 0 Å². The monoisotopic (exact) mass is 474 g/mol. The van der Waals surface area contributed by atoms with E-state index in [0.29, 0.717) is 17.1 Å². The van der Waals surface area contributed by atoms with Gasteiger partial charge in [-0.1, -0.05) is 36.4 Å². The fourth-order valence-electron chi connectivity index (χ4n) is 3.28. The van der Waals surface area contributed by atoms with Crippen LogP contribution in [0.3, 0.4) is 0 Å². The Kier molecular flexibility index (Phi) is 5.09. The van der Waals surface area contributed by atoms with Gasteiger partial charge < -0.3 is 10.2 Å². The van der Waals surface area contributed by atoms with Crippen LogP contribution < -0.4 is 0 Å². The highest BCUT2D eigenvalue weighted by Crippen LogP contribution is 2.45. The van der Waals surface area contributed by atoms with Crippen molar-refractivity contribution in [3.05, 3.63) is 60.7 Å². The molecule has 0 bridgehead atoms. The SMILES string of the molecule is O=S(=O)(O)c1cc(O)c2c(O)c(/N=N\c3cccc4ccccc34)c(S(=O)(=O)O)cc2c1. The van der Waals surface area contributed by atoms with Crippen molar-refractivity contribution >= 4 is 53.2 Å². The number of aromatic hydroxyl groups is 2. The van der Waals surface area contributed by atoms with E-state index in [4.69, 9.17) is 0 Å². The van der Waals surface area contributed by atoms with Crippen LogP contribution >= 0.6 is 0 Å². The van der Waals surface area contributed by atoms with E-state index in [-0.39, 0.29) is 10.8 Å². The van der Waals surface area contributed by atoms with E-state index < -0.39 is 47.2 Å². The number of benzene rings is 4. The molecule has 12 heteroatoms. The van der Waals surface area contributed by atoms with Crippen molar-refractivity contribution in [3.8, 4) is 11.5 Å². The number of fused-ring (bicyclic) bond motifs is 2. The van der Waals surface area contributed by atoms with Gasteiger partial charge in [0, 0.05) is 11.5 Å². The molecule has 0 unspecified atom stereocenters. The first-order valence-electron chi connectivity index (χ1n) is 8.84. The number of rotatable bonds is 4. The van der Waals surface area contributed by atoms with Crippen molar-refractivity contribution in [2.75, 3.05) is 0 Å². The van der Waals surface area contributed by atoms with E-state index in [9.17, 15) is 36.2 Å². The fraction of sp³-hybridized carbons (Fsp3) is 0. The number of nitrogens with zero attached hydrogens (tertiary/aromatic N) is 2. The van der Waals surface area contributed by atoms with E-state index in [1.807, 2.05) is 18.2 Å². The fourth-order valence-corrected chi connectivity index (χ4v) is 4.47. The van der Waals surface area contributed by atoms with Gasteiger partial charge in [-0.25, -0.2) is 0 Å². The van der Waals surface area contributed by atoms with E-state index in [1.54, 1.807) is 24.3 Å². The molecule has 4 aromatic carbocycles. The second kappa shape index (κ2) is 7.53. The smallest absolute Gasteiger partial charge is 0.296 e. The molecule has 4 N–H and O–H groups in total. The zero-order chi connectivity index (χ0) is 23.3. The minimum Gasteiger partial charge on any atom is -0.507 e. The van der Waals surface area contributed by atoms with Crippen molar-refractivity contribution in [2.45, 2.75) is 9.79 Å². The van der Waals surface area contributed by atoms with Crippen LogP contribution in [0.25, 0.3) is 21.5 Å². The van der Waals surface area contributed by atoms with Crippen LogP contribution in [0.2, 0.25) is 0 Å². The molecule has 0 fully saturated rings. The normalized spacial score (nSPS) is 12.7. The van der Waals surface area contributed by atoms with Crippen LogP contribution in [0.5, 0.6) is 11.5 Å². The van der Waals surface area contributed by atoms with Crippen LogP contribution in [0.4, 0.5) is 11.4 Å². The lowest BCUT2D eigenvalue weighted by atomic mass is 10.1. The quantitative estimate of drug-likeness (QED) is 0.250. The summed E-state index contributed by atoms with van der Waals surface area (Å²) in [6.45, 7) is 0. The van der Waals surface area contributed by atoms with Crippen LogP contribution in [0.1, 0.15) is 0 Å². The largest absolute Gasteiger partial charge is 0.507 e. The van der Waals surface area contributed by atoms with Crippen molar-refractivity contribution in [2.24, 2.45) is 10.2 Å². The first kappa shape index (κ1) is 21.6. The molecule has 0 saturated heterocycles. The maximum atomic E-state index is 12.0. The molecule has 4 rings (SSSR count). The molecule has 4 aromatic rings. The average molecular weight is 474 g/mol. The summed E-state index contributed by atoms with van der Waals surface area (Å²) in [4.78, 5) is -1.62. The minimum atomic E-state index is -4.96. The second-order valence-electron chi connectivity index (χ2n) is 6.76. The molecule has 0 aromatic heterocycles. The summed E-state index contributed by atoms with van der Waals surface area (Å²) in [6, 6.07) is 14.6. The summed E-state index contributed by atoms with van der Waals surface area (Å²) in [7, 11) is -9.71. The molecule has 10 nitrogen and oxygen atoms in total. The maximum Gasteiger partial charge on any atom is 0.296 e. The molecule has 0 aliphatic carbocycles. The van der Waals surface area contributed by atoms with E-state index in [0.717, 1.165) is 17.5 Å². The standard InChI is InChI=1S/C20H14N2O8S2/c23-16-10-13(31(25,26)27)8-12-9-17(32(28,29)30)19(20(24)18(12)16)22-21-15-7-3-5-11-4-1-2-6-14(11)15/h1-10,23-24H,(H,25,26,27)(H,28,29,30)/b22-21-. The Morgan fingerprint density at radius 1 is 0.719 bits per heavy atom. The Hall–Kier alpha value is -3.58. The third-order valence-corrected chi connectivity index (χ3v) is 6.40. The van der Waals surface area contributed by atoms with Gasteiger partial charge in [0.2, 0.25) is 0 Å². The third kappa shape index (κ3) is 3.87. The molecule has 0 aliphatic heterocycles. The highest BCUT2D eigenvalue weighted by atomic mass is 32.2. The van der Waals surface area contributed by atoms with Gasteiger partial charge in [0.25, 0.3) is 20.2 Å². The Morgan fingerprint density at radius 3 is 2.09 bits per heavy atom. The summed E-state index contributed by atoms with van der Waals surface area (Å²) in [5.41, 5.74) is -0.322. The molecular weight excluding hydrogens is 460 g/mol. The molecule has 32 heavy (non-hydrogen) atoms. The molecule has 0 atom stereocenters. The molecule has 0 radical (unpaired) electrons. The molecule has 0 spiro atoms. The molecule has 0 saturated carbocycles. The highest BCUT2D eigenvalue weighted by molar-refractivity contribution is 7.86. The van der Waals surface area contributed by atoms with Gasteiger partial charge in [-0.15, -0.1) is 10.2 Å².